The van der Waals surface area contributed by atoms with E-state index >= 15 is 0 Å². The summed E-state index contributed by atoms with van der Waals surface area (Å²) >= 11 is 0. The Morgan fingerprint density at radius 2 is 1.25 bits per heavy atom. The van der Waals surface area contributed by atoms with Crippen molar-refractivity contribution in [2.75, 3.05) is 9.80 Å². The molecular formula is C29H31N2Ru. The van der Waals surface area contributed by atoms with Gasteiger partial charge in [0.2, 0.25) is 0 Å². The average molecular weight is 509 g/mol. The monoisotopic (exact) mass is 509 g/mol. The van der Waals surface area contributed by atoms with Crippen LogP contribution < -0.4 is 9.80 Å². The number of rotatable bonds is 0. The molecule has 6 rings (SSSR count). The smallest absolute Gasteiger partial charge is 0.341 e. The number of anilines is 4. The van der Waals surface area contributed by atoms with Gasteiger partial charge in [-0.15, -0.1) is 11.1 Å². The van der Waals surface area contributed by atoms with E-state index in [4.69, 9.17) is 0 Å². The first-order valence-electron chi connectivity index (χ1n) is 11.5. The van der Waals surface area contributed by atoms with Crippen LogP contribution in [0.15, 0.2) is 36.4 Å². The Morgan fingerprint density at radius 1 is 0.719 bits per heavy atom. The van der Waals surface area contributed by atoms with Crippen LogP contribution in [0.25, 0.3) is 0 Å². The third-order valence-electron chi connectivity index (χ3n) is 8.40. The van der Waals surface area contributed by atoms with Crippen molar-refractivity contribution in [3.8, 4) is 0 Å². The van der Waals surface area contributed by atoms with E-state index in [9.17, 15) is 0 Å². The van der Waals surface area contributed by atoms with Crippen LogP contribution in [0.2, 0.25) is 0 Å². The number of hydrogen-bond donors (Lipinski definition) is 0. The maximum Gasteiger partial charge on any atom is 1.00 e. The summed E-state index contributed by atoms with van der Waals surface area (Å²) in [5.74, 6) is 0. The van der Waals surface area contributed by atoms with Gasteiger partial charge < -0.3 is 9.80 Å². The van der Waals surface area contributed by atoms with Crippen LogP contribution in [0.1, 0.15) is 73.6 Å². The van der Waals surface area contributed by atoms with Gasteiger partial charge in [-0.2, -0.15) is 17.7 Å². The normalized spacial score (nSPS) is 20.3. The molecule has 0 spiro atoms. The van der Waals surface area contributed by atoms with Crippen LogP contribution in [0.5, 0.6) is 0 Å². The van der Waals surface area contributed by atoms with Crippen LogP contribution in [-0.2, 0) is 30.3 Å². The van der Waals surface area contributed by atoms with Gasteiger partial charge in [0, 0.05) is 5.41 Å². The first-order chi connectivity index (χ1) is 14.6. The van der Waals surface area contributed by atoms with Crippen molar-refractivity contribution < 1.29 is 19.5 Å². The molecule has 0 saturated carbocycles. The zero-order valence-corrected chi connectivity index (χ0v) is 22.0. The summed E-state index contributed by atoms with van der Waals surface area (Å²) in [7, 11) is 0. The number of hydrogen-bond acceptors (Lipinski definition) is 2. The van der Waals surface area contributed by atoms with Crippen molar-refractivity contribution in [2.45, 2.75) is 72.4 Å². The van der Waals surface area contributed by atoms with Crippen LogP contribution >= 0.6 is 0 Å². The second-order valence-electron chi connectivity index (χ2n) is 10.8. The summed E-state index contributed by atoms with van der Waals surface area (Å²) in [6.45, 7) is 18.6. The van der Waals surface area contributed by atoms with E-state index in [-0.39, 0.29) is 36.5 Å². The van der Waals surface area contributed by atoms with Crippen LogP contribution in [0.3, 0.4) is 0 Å². The predicted molar refractivity (Wildman–Crippen MR) is 130 cm³/mol. The minimum Gasteiger partial charge on any atom is -0.341 e. The van der Waals surface area contributed by atoms with E-state index < -0.39 is 0 Å². The number of para-hydroxylation sites is 1. The average Bonchev–Trinajstić information content (AvgIpc) is 3.00. The molecule has 3 aromatic rings. The SMILES string of the molecule is Cc1[c-]cc2c(c1C)N1c3c(ccc4c3N(c3c(C)cccc3C4(C)C)[C@H]1C)C2(C)C.[Ru+]. The Morgan fingerprint density at radius 3 is 1.88 bits per heavy atom. The predicted octanol–water partition coefficient (Wildman–Crippen LogP) is 7.32. The Balaban J connectivity index is 0.00000216. The molecule has 2 nitrogen and oxygen atoms in total. The third kappa shape index (κ3) is 2.29. The molecule has 0 bridgehead atoms. The number of benzene rings is 3. The van der Waals surface area contributed by atoms with Crippen LogP contribution in [-0.4, -0.2) is 6.17 Å². The molecule has 0 aromatic heterocycles. The molecule has 0 amide bonds. The summed E-state index contributed by atoms with van der Waals surface area (Å²) < 4.78 is 0. The molecule has 165 valence electrons. The second-order valence-corrected chi connectivity index (χ2v) is 10.8. The van der Waals surface area contributed by atoms with Crippen molar-refractivity contribution in [2.24, 2.45) is 0 Å². The van der Waals surface area contributed by atoms with E-state index in [2.05, 4.69) is 108 Å². The van der Waals surface area contributed by atoms with Crippen molar-refractivity contribution in [3.63, 3.8) is 0 Å². The quantitative estimate of drug-likeness (QED) is 0.232. The molecule has 0 fully saturated rings. The second kappa shape index (κ2) is 6.48. The van der Waals surface area contributed by atoms with E-state index in [0.29, 0.717) is 0 Å². The molecule has 32 heavy (non-hydrogen) atoms. The van der Waals surface area contributed by atoms with E-state index in [1.165, 1.54) is 61.7 Å². The molecule has 0 N–H and O–H groups in total. The fourth-order valence-corrected chi connectivity index (χ4v) is 6.46. The van der Waals surface area contributed by atoms with E-state index in [1.54, 1.807) is 0 Å². The molecule has 0 saturated heterocycles. The van der Waals surface area contributed by atoms with E-state index in [0.717, 1.165) is 0 Å². The maximum absolute atomic E-state index is 3.54. The summed E-state index contributed by atoms with van der Waals surface area (Å²) in [4.78, 5) is 5.25. The largest absolute Gasteiger partial charge is 1.00 e. The fourth-order valence-electron chi connectivity index (χ4n) is 6.46. The molecule has 1 atom stereocenters. The van der Waals surface area contributed by atoms with Gasteiger partial charge in [-0.05, 0) is 41.5 Å². The summed E-state index contributed by atoms with van der Waals surface area (Å²) in [5.41, 5.74) is 15.2. The van der Waals surface area contributed by atoms with Gasteiger partial charge in [-0.25, -0.2) is 0 Å². The minimum absolute atomic E-state index is 0. The van der Waals surface area contributed by atoms with Crippen LogP contribution in [0, 0.1) is 26.8 Å². The topological polar surface area (TPSA) is 6.48 Å². The molecule has 3 aliphatic heterocycles. The molecule has 3 heterocycles. The summed E-state index contributed by atoms with van der Waals surface area (Å²) in [5, 5.41) is 0. The summed E-state index contributed by atoms with van der Waals surface area (Å²) in [6.07, 6.45) is 0.223. The molecule has 3 aromatic carbocycles. The zero-order chi connectivity index (χ0) is 22.0. The van der Waals surface area contributed by atoms with Gasteiger partial charge in [0.05, 0.1) is 17.1 Å². The Hall–Kier alpha value is -2.12. The Labute approximate surface area is 205 Å². The zero-order valence-electron chi connectivity index (χ0n) is 20.3. The van der Waals surface area contributed by atoms with Gasteiger partial charge in [-0.1, -0.05) is 77.6 Å². The fraction of sp³-hybridized carbons (Fsp3) is 0.379. The first-order valence-corrected chi connectivity index (χ1v) is 11.5. The molecule has 0 aliphatic carbocycles. The third-order valence-corrected chi connectivity index (χ3v) is 8.40. The molecule has 0 unspecified atom stereocenters. The molecule has 3 heteroatoms. The van der Waals surface area contributed by atoms with Crippen molar-refractivity contribution in [1.82, 2.24) is 0 Å². The molecule has 1 radical (unpaired) electrons. The maximum atomic E-state index is 3.54. The van der Waals surface area contributed by atoms with Gasteiger partial charge in [0.25, 0.3) is 0 Å². The molecule has 3 aliphatic rings. The van der Waals surface area contributed by atoms with Crippen molar-refractivity contribution in [3.05, 3.63) is 81.4 Å². The minimum atomic E-state index is -0.0585. The molecular weight excluding hydrogens is 477 g/mol. The van der Waals surface area contributed by atoms with Gasteiger partial charge >= 0.3 is 19.5 Å². The van der Waals surface area contributed by atoms with Gasteiger partial charge in [0.15, 0.2) is 0 Å². The van der Waals surface area contributed by atoms with Gasteiger partial charge in [0.1, 0.15) is 6.17 Å². The summed E-state index contributed by atoms with van der Waals surface area (Å²) in [6, 6.07) is 17.4. The number of fused-ring (bicyclic) bond motifs is 4. The standard InChI is InChI=1S/C29H31N2.Ru/c1-16-12-13-21-25(18(16)3)31-19(4)30-24-17(2)10-9-11-20(24)28(5,6)22-14-15-23(29(21,7)8)27(31)26(22)30;/h9-11,13-15,19H,1-8H3;/q-1;+1/t19-;/m1./s1. The number of aryl methyl sites for hydroxylation is 2. The van der Waals surface area contributed by atoms with Crippen molar-refractivity contribution >= 4 is 22.7 Å². The number of nitrogens with zero attached hydrogens (tertiary/aromatic N) is 2. The van der Waals surface area contributed by atoms with Crippen molar-refractivity contribution in [1.29, 1.82) is 0 Å². The Bertz CT molecular complexity index is 1300. The first kappa shape index (κ1) is 21.7. The Kier molecular flexibility index (Phi) is 4.39. The van der Waals surface area contributed by atoms with E-state index in [1.807, 2.05) is 0 Å². The van der Waals surface area contributed by atoms with Gasteiger partial charge in [-0.3, -0.25) is 0 Å². The van der Waals surface area contributed by atoms with Crippen LogP contribution in [0.4, 0.5) is 22.7 Å².